The maximum Gasteiger partial charge on any atom is 0.574 e. The molecule has 1 rings (SSSR count). The standard InChI is InChI=1S/C9H5F3N4O/c10-9(11,12)17-8-7(15)5(4-14)3-6(16-8)1-2-13/h3H,1,15H2. The van der Waals surface area contributed by atoms with Gasteiger partial charge in [0.1, 0.15) is 11.8 Å². The Hall–Kier alpha value is -2.48. The quantitative estimate of drug-likeness (QED) is 0.847. The molecule has 0 unspecified atom stereocenters. The summed E-state index contributed by atoms with van der Waals surface area (Å²) < 4.78 is 39.6. The van der Waals surface area contributed by atoms with E-state index in [1.165, 1.54) is 0 Å². The number of alkyl halides is 3. The van der Waals surface area contributed by atoms with Gasteiger partial charge in [0, 0.05) is 0 Å². The maximum atomic E-state index is 12.0. The van der Waals surface area contributed by atoms with E-state index in [1.54, 1.807) is 12.1 Å². The van der Waals surface area contributed by atoms with Crippen molar-refractivity contribution < 1.29 is 17.9 Å². The lowest BCUT2D eigenvalue weighted by atomic mass is 10.2. The van der Waals surface area contributed by atoms with E-state index < -0.39 is 17.9 Å². The minimum atomic E-state index is -4.96. The second kappa shape index (κ2) is 4.58. The van der Waals surface area contributed by atoms with Crippen LogP contribution in [0.5, 0.6) is 5.88 Å². The van der Waals surface area contributed by atoms with Crippen LogP contribution in [0.15, 0.2) is 6.07 Å². The van der Waals surface area contributed by atoms with Gasteiger partial charge < -0.3 is 10.5 Å². The number of pyridine rings is 1. The normalized spacial score (nSPS) is 10.4. The number of hydrogen-bond donors (Lipinski definition) is 1. The Morgan fingerprint density at radius 2 is 2.06 bits per heavy atom. The first-order valence-electron chi connectivity index (χ1n) is 4.19. The molecule has 1 aromatic heterocycles. The first kappa shape index (κ1) is 12.6. The minimum absolute atomic E-state index is 0.0162. The van der Waals surface area contributed by atoms with Gasteiger partial charge in [-0.2, -0.15) is 10.5 Å². The van der Waals surface area contributed by atoms with Crippen LogP contribution >= 0.6 is 0 Å². The number of nitriles is 2. The van der Waals surface area contributed by atoms with Crippen molar-refractivity contribution in [2.75, 3.05) is 5.73 Å². The SMILES string of the molecule is N#CCc1cc(C#N)c(N)c(OC(F)(F)F)n1. The molecule has 1 aromatic rings. The van der Waals surface area contributed by atoms with Crippen molar-refractivity contribution in [3.63, 3.8) is 0 Å². The van der Waals surface area contributed by atoms with Crippen LogP contribution in [0.25, 0.3) is 0 Å². The van der Waals surface area contributed by atoms with Gasteiger partial charge in [-0.1, -0.05) is 0 Å². The minimum Gasteiger partial charge on any atom is -0.393 e. The second-order valence-electron chi connectivity index (χ2n) is 2.87. The number of nitrogens with zero attached hydrogens (tertiary/aromatic N) is 3. The molecular formula is C9H5F3N4O. The first-order valence-corrected chi connectivity index (χ1v) is 4.19. The van der Waals surface area contributed by atoms with Gasteiger partial charge in [-0.25, -0.2) is 4.98 Å². The molecule has 88 valence electrons. The highest BCUT2D eigenvalue weighted by molar-refractivity contribution is 5.61. The van der Waals surface area contributed by atoms with Crippen LogP contribution < -0.4 is 10.5 Å². The Balaban J connectivity index is 3.25. The predicted molar refractivity (Wildman–Crippen MR) is 49.4 cm³/mol. The van der Waals surface area contributed by atoms with Crippen molar-refractivity contribution >= 4 is 5.69 Å². The largest absolute Gasteiger partial charge is 0.574 e. The van der Waals surface area contributed by atoms with Gasteiger partial charge in [0.25, 0.3) is 0 Å². The van der Waals surface area contributed by atoms with Gasteiger partial charge in [0.2, 0.25) is 5.88 Å². The van der Waals surface area contributed by atoms with E-state index in [-0.39, 0.29) is 17.7 Å². The third-order valence-corrected chi connectivity index (χ3v) is 1.67. The van der Waals surface area contributed by atoms with Crippen LogP contribution in [0.1, 0.15) is 11.3 Å². The number of hydrogen-bond acceptors (Lipinski definition) is 5. The summed E-state index contributed by atoms with van der Waals surface area (Å²) in [6, 6.07) is 4.43. The monoisotopic (exact) mass is 242 g/mol. The Labute approximate surface area is 93.8 Å². The van der Waals surface area contributed by atoms with Crippen LogP contribution in [0.2, 0.25) is 0 Å². The Kier molecular flexibility index (Phi) is 3.39. The molecule has 0 saturated carbocycles. The van der Waals surface area contributed by atoms with Crippen LogP contribution in [0.4, 0.5) is 18.9 Å². The molecule has 0 spiro atoms. The van der Waals surface area contributed by atoms with Crippen molar-refractivity contribution in [1.82, 2.24) is 4.98 Å². The first-order chi connectivity index (χ1) is 7.87. The predicted octanol–water partition coefficient (Wildman–Crippen LogP) is 1.50. The summed E-state index contributed by atoms with van der Waals surface area (Å²) in [6.07, 6.45) is -5.21. The molecule has 17 heavy (non-hydrogen) atoms. The molecule has 0 aliphatic heterocycles. The van der Waals surface area contributed by atoms with E-state index in [2.05, 4.69) is 9.72 Å². The van der Waals surface area contributed by atoms with E-state index in [9.17, 15) is 13.2 Å². The maximum absolute atomic E-state index is 12.0. The number of rotatable bonds is 2. The van der Waals surface area contributed by atoms with Gasteiger partial charge >= 0.3 is 6.36 Å². The van der Waals surface area contributed by atoms with E-state index >= 15 is 0 Å². The summed E-state index contributed by atoms with van der Waals surface area (Å²) in [5, 5.41) is 17.1. The third-order valence-electron chi connectivity index (χ3n) is 1.67. The Bertz CT molecular complexity index is 513. The number of nitrogen functional groups attached to an aromatic ring is 1. The fraction of sp³-hybridized carbons (Fsp3) is 0.222. The summed E-state index contributed by atoms with van der Waals surface area (Å²) in [4.78, 5) is 3.42. The molecule has 0 radical (unpaired) electrons. The number of halogens is 3. The van der Waals surface area contributed by atoms with Gasteiger partial charge in [-0.15, -0.1) is 13.2 Å². The zero-order valence-corrected chi connectivity index (χ0v) is 8.25. The summed E-state index contributed by atoms with van der Waals surface area (Å²) in [5.74, 6) is -0.915. The summed E-state index contributed by atoms with van der Waals surface area (Å²) in [5.41, 5.74) is 4.53. The van der Waals surface area contributed by atoms with Crippen molar-refractivity contribution in [3.8, 4) is 18.0 Å². The average Bonchev–Trinajstić information content (AvgIpc) is 2.21. The lowest BCUT2D eigenvalue weighted by Gasteiger charge is -2.11. The van der Waals surface area contributed by atoms with Gasteiger partial charge in [-0.05, 0) is 6.07 Å². The van der Waals surface area contributed by atoms with E-state index in [0.717, 1.165) is 6.07 Å². The summed E-state index contributed by atoms with van der Waals surface area (Å²) >= 11 is 0. The van der Waals surface area contributed by atoms with Crippen LogP contribution in [0.3, 0.4) is 0 Å². The molecule has 0 saturated heterocycles. The highest BCUT2D eigenvalue weighted by atomic mass is 19.4. The van der Waals surface area contributed by atoms with Gasteiger partial charge in [0.05, 0.1) is 23.7 Å². The van der Waals surface area contributed by atoms with Crippen LogP contribution in [-0.4, -0.2) is 11.3 Å². The zero-order chi connectivity index (χ0) is 13.1. The zero-order valence-electron chi connectivity index (χ0n) is 8.25. The molecular weight excluding hydrogens is 237 g/mol. The molecule has 1 heterocycles. The van der Waals surface area contributed by atoms with E-state index in [0.29, 0.717) is 0 Å². The molecule has 2 N–H and O–H groups in total. The number of aromatic nitrogens is 1. The fourth-order valence-electron chi connectivity index (χ4n) is 1.03. The van der Waals surface area contributed by atoms with Gasteiger partial charge in [0.15, 0.2) is 0 Å². The smallest absolute Gasteiger partial charge is 0.393 e. The molecule has 0 fully saturated rings. The molecule has 0 aromatic carbocycles. The highest BCUT2D eigenvalue weighted by Crippen LogP contribution is 2.29. The topological polar surface area (TPSA) is 95.7 Å². The summed E-state index contributed by atoms with van der Waals surface area (Å²) in [7, 11) is 0. The fourth-order valence-corrected chi connectivity index (χ4v) is 1.03. The number of ether oxygens (including phenoxy) is 1. The van der Waals surface area contributed by atoms with E-state index in [4.69, 9.17) is 16.3 Å². The average molecular weight is 242 g/mol. The molecule has 0 bridgehead atoms. The summed E-state index contributed by atoms with van der Waals surface area (Å²) in [6.45, 7) is 0. The van der Waals surface area contributed by atoms with Gasteiger partial charge in [-0.3, -0.25) is 0 Å². The Morgan fingerprint density at radius 3 is 2.53 bits per heavy atom. The Morgan fingerprint density at radius 1 is 1.41 bits per heavy atom. The molecule has 0 amide bonds. The van der Waals surface area contributed by atoms with Crippen molar-refractivity contribution in [2.24, 2.45) is 0 Å². The van der Waals surface area contributed by atoms with Crippen LogP contribution in [0, 0.1) is 22.7 Å². The van der Waals surface area contributed by atoms with Crippen molar-refractivity contribution in [1.29, 1.82) is 10.5 Å². The lowest BCUT2D eigenvalue weighted by Crippen LogP contribution is -2.19. The third kappa shape index (κ3) is 3.24. The molecule has 0 aliphatic carbocycles. The highest BCUT2D eigenvalue weighted by Gasteiger charge is 2.33. The molecule has 0 aliphatic rings. The van der Waals surface area contributed by atoms with Crippen LogP contribution in [-0.2, 0) is 6.42 Å². The van der Waals surface area contributed by atoms with Crippen molar-refractivity contribution in [3.05, 3.63) is 17.3 Å². The number of nitrogens with two attached hydrogens (primary N) is 1. The molecule has 0 atom stereocenters. The molecule has 5 nitrogen and oxygen atoms in total. The number of anilines is 1. The van der Waals surface area contributed by atoms with Crippen molar-refractivity contribution in [2.45, 2.75) is 12.8 Å². The van der Waals surface area contributed by atoms with E-state index in [1.807, 2.05) is 0 Å². The second-order valence-corrected chi connectivity index (χ2v) is 2.87. The molecule has 8 heteroatoms. The lowest BCUT2D eigenvalue weighted by molar-refractivity contribution is -0.275.